The van der Waals surface area contributed by atoms with Crippen molar-refractivity contribution in [1.29, 1.82) is 5.26 Å². The van der Waals surface area contributed by atoms with Gasteiger partial charge in [-0.15, -0.1) is 0 Å². The number of fused-ring (bicyclic) bond motifs is 1. The van der Waals surface area contributed by atoms with Crippen LogP contribution in [0.15, 0.2) is 30.3 Å². The zero-order valence-corrected chi connectivity index (χ0v) is 11.7. The first-order valence-corrected chi connectivity index (χ1v) is 6.98. The topological polar surface area (TPSA) is 43.2 Å². The van der Waals surface area contributed by atoms with Gasteiger partial charge in [0, 0.05) is 42.9 Å². The molecule has 0 unspecified atom stereocenters. The molecule has 0 N–H and O–H groups in total. The van der Waals surface area contributed by atoms with Crippen LogP contribution in [0.4, 0.5) is 5.69 Å². The Labute approximate surface area is 119 Å². The van der Waals surface area contributed by atoms with E-state index in [0.717, 1.165) is 37.4 Å². The molecule has 1 aromatic carbocycles. The van der Waals surface area contributed by atoms with Gasteiger partial charge in [0.05, 0.1) is 18.1 Å². The quantitative estimate of drug-likeness (QED) is 0.782. The number of nitriles is 1. The van der Waals surface area contributed by atoms with Gasteiger partial charge in [0.15, 0.2) is 0 Å². The summed E-state index contributed by atoms with van der Waals surface area (Å²) in [7, 11) is 0. The minimum Gasteiger partial charge on any atom is -0.368 e. The summed E-state index contributed by atoms with van der Waals surface area (Å²) in [4.78, 5) is 9.20. The maximum Gasteiger partial charge on any atom is 0.0867 e. The van der Waals surface area contributed by atoms with Crippen LogP contribution in [0.3, 0.4) is 0 Å². The number of para-hydroxylation sites is 1. The van der Waals surface area contributed by atoms with Crippen molar-refractivity contribution < 1.29 is 0 Å². The van der Waals surface area contributed by atoms with Crippen molar-refractivity contribution in [2.45, 2.75) is 6.92 Å². The van der Waals surface area contributed by atoms with E-state index in [4.69, 9.17) is 5.26 Å². The number of pyridine rings is 1. The Hall–Kier alpha value is -2.12. The lowest BCUT2D eigenvalue weighted by atomic mass is 10.1. The van der Waals surface area contributed by atoms with Crippen LogP contribution < -0.4 is 4.90 Å². The first-order valence-electron chi connectivity index (χ1n) is 6.98. The maximum absolute atomic E-state index is 8.77. The average molecular weight is 266 g/mol. The Bertz CT molecular complexity index is 651. The molecule has 1 aliphatic heterocycles. The average Bonchev–Trinajstić information content (AvgIpc) is 2.47. The fourth-order valence-corrected chi connectivity index (χ4v) is 2.79. The Kier molecular flexibility index (Phi) is 3.53. The number of aryl methyl sites for hydroxylation is 1. The van der Waals surface area contributed by atoms with Crippen molar-refractivity contribution in [3.8, 4) is 6.07 Å². The van der Waals surface area contributed by atoms with Crippen molar-refractivity contribution in [3.63, 3.8) is 0 Å². The smallest absolute Gasteiger partial charge is 0.0867 e. The van der Waals surface area contributed by atoms with Crippen molar-refractivity contribution in [2.24, 2.45) is 0 Å². The summed E-state index contributed by atoms with van der Waals surface area (Å²) in [5.41, 5.74) is 3.38. The number of aromatic nitrogens is 1. The molecular weight excluding hydrogens is 248 g/mol. The first kappa shape index (κ1) is 12.9. The van der Waals surface area contributed by atoms with Gasteiger partial charge in [0.25, 0.3) is 0 Å². The van der Waals surface area contributed by atoms with E-state index in [-0.39, 0.29) is 0 Å². The molecule has 102 valence electrons. The van der Waals surface area contributed by atoms with E-state index in [0.29, 0.717) is 6.54 Å². The first-order chi connectivity index (χ1) is 9.78. The Morgan fingerprint density at radius 1 is 1.20 bits per heavy atom. The number of hydrogen-bond acceptors (Lipinski definition) is 4. The molecule has 4 heteroatoms. The van der Waals surface area contributed by atoms with Crippen molar-refractivity contribution in [2.75, 3.05) is 37.6 Å². The van der Waals surface area contributed by atoms with E-state index in [2.05, 4.69) is 45.1 Å². The lowest BCUT2D eigenvalue weighted by Crippen LogP contribution is -2.46. The Balaban J connectivity index is 1.90. The predicted molar refractivity (Wildman–Crippen MR) is 80.7 cm³/mol. The molecule has 0 bridgehead atoms. The number of anilines is 1. The highest BCUT2D eigenvalue weighted by Gasteiger charge is 2.18. The SMILES string of the molecule is Cc1cc(N2CCN(CC#N)CC2)c2ccccc2n1. The molecule has 0 aliphatic carbocycles. The molecule has 0 amide bonds. The second-order valence-electron chi connectivity index (χ2n) is 5.22. The molecule has 1 aliphatic rings. The molecule has 2 aromatic rings. The third-order valence-corrected chi connectivity index (χ3v) is 3.83. The molecule has 0 saturated carbocycles. The zero-order valence-electron chi connectivity index (χ0n) is 11.7. The van der Waals surface area contributed by atoms with Gasteiger partial charge < -0.3 is 4.90 Å². The lowest BCUT2D eigenvalue weighted by molar-refractivity contribution is 0.287. The highest BCUT2D eigenvalue weighted by molar-refractivity contribution is 5.92. The molecule has 1 saturated heterocycles. The van der Waals surface area contributed by atoms with E-state index in [9.17, 15) is 0 Å². The van der Waals surface area contributed by atoms with E-state index < -0.39 is 0 Å². The molecule has 0 atom stereocenters. The van der Waals surface area contributed by atoms with Gasteiger partial charge in [0.2, 0.25) is 0 Å². The minimum absolute atomic E-state index is 0.532. The van der Waals surface area contributed by atoms with Crippen LogP contribution in [0.5, 0.6) is 0 Å². The highest BCUT2D eigenvalue weighted by Crippen LogP contribution is 2.27. The molecule has 1 fully saturated rings. The van der Waals surface area contributed by atoms with Crippen LogP contribution in [0.25, 0.3) is 10.9 Å². The summed E-state index contributed by atoms with van der Waals surface area (Å²) in [6.45, 7) is 6.41. The summed E-state index contributed by atoms with van der Waals surface area (Å²) in [5, 5.41) is 9.98. The molecular formula is C16H18N4. The molecule has 1 aromatic heterocycles. The van der Waals surface area contributed by atoms with E-state index >= 15 is 0 Å². The van der Waals surface area contributed by atoms with Crippen LogP contribution in [0, 0.1) is 18.3 Å². The zero-order chi connectivity index (χ0) is 13.9. The summed E-state index contributed by atoms with van der Waals surface area (Å²) in [5.74, 6) is 0. The van der Waals surface area contributed by atoms with Gasteiger partial charge in [-0.2, -0.15) is 5.26 Å². The van der Waals surface area contributed by atoms with E-state index in [1.165, 1.54) is 11.1 Å². The number of rotatable bonds is 2. The number of nitrogens with zero attached hydrogens (tertiary/aromatic N) is 4. The summed E-state index contributed by atoms with van der Waals surface area (Å²) >= 11 is 0. The van der Waals surface area contributed by atoms with E-state index in [1.807, 2.05) is 13.0 Å². The van der Waals surface area contributed by atoms with Gasteiger partial charge in [-0.05, 0) is 19.1 Å². The van der Waals surface area contributed by atoms with Crippen LogP contribution in [0.1, 0.15) is 5.69 Å². The molecule has 0 spiro atoms. The molecule has 0 radical (unpaired) electrons. The summed E-state index contributed by atoms with van der Waals surface area (Å²) in [6.07, 6.45) is 0. The minimum atomic E-state index is 0.532. The van der Waals surface area contributed by atoms with Crippen molar-refractivity contribution >= 4 is 16.6 Å². The van der Waals surface area contributed by atoms with Crippen molar-refractivity contribution in [1.82, 2.24) is 9.88 Å². The highest BCUT2D eigenvalue weighted by atomic mass is 15.3. The standard InChI is InChI=1S/C16H18N4/c1-13-12-16(14-4-2-3-5-15(14)18-13)20-10-8-19(7-6-17)9-11-20/h2-5,12H,7-11H2,1H3. The van der Waals surface area contributed by atoms with Crippen LogP contribution >= 0.6 is 0 Å². The largest absolute Gasteiger partial charge is 0.368 e. The number of piperazine rings is 1. The fraction of sp³-hybridized carbons (Fsp3) is 0.375. The van der Waals surface area contributed by atoms with Gasteiger partial charge in [-0.25, -0.2) is 0 Å². The third kappa shape index (κ3) is 2.45. The van der Waals surface area contributed by atoms with Crippen LogP contribution in [-0.2, 0) is 0 Å². The fourth-order valence-electron chi connectivity index (χ4n) is 2.79. The second kappa shape index (κ2) is 5.48. The molecule has 4 nitrogen and oxygen atoms in total. The van der Waals surface area contributed by atoms with E-state index in [1.54, 1.807) is 0 Å². The normalized spacial score (nSPS) is 16.3. The third-order valence-electron chi connectivity index (χ3n) is 3.83. The van der Waals surface area contributed by atoms with Gasteiger partial charge in [0.1, 0.15) is 0 Å². The maximum atomic E-state index is 8.77. The van der Waals surface area contributed by atoms with Gasteiger partial charge in [-0.3, -0.25) is 9.88 Å². The second-order valence-corrected chi connectivity index (χ2v) is 5.22. The monoisotopic (exact) mass is 266 g/mol. The molecule has 2 heterocycles. The Morgan fingerprint density at radius 3 is 2.70 bits per heavy atom. The molecule has 3 rings (SSSR count). The van der Waals surface area contributed by atoms with Gasteiger partial charge in [-0.1, -0.05) is 18.2 Å². The predicted octanol–water partition coefficient (Wildman–Crippen LogP) is 2.19. The van der Waals surface area contributed by atoms with Gasteiger partial charge >= 0.3 is 0 Å². The summed E-state index contributed by atoms with van der Waals surface area (Å²) < 4.78 is 0. The Morgan fingerprint density at radius 2 is 1.95 bits per heavy atom. The van der Waals surface area contributed by atoms with Crippen LogP contribution in [-0.4, -0.2) is 42.6 Å². The summed E-state index contributed by atoms with van der Waals surface area (Å²) in [6, 6.07) is 12.7. The number of hydrogen-bond donors (Lipinski definition) is 0. The number of benzene rings is 1. The molecule has 20 heavy (non-hydrogen) atoms. The van der Waals surface area contributed by atoms with Crippen LogP contribution in [0.2, 0.25) is 0 Å². The lowest BCUT2D eigenvalue weighted by Gasteiger charge is -2.35. The van der Waals surface area contributed by atoms with Crippen molar-refractivity contribution in [3.05, 3.63) is 36.0 Å².